The molecule has 5 rings (SSSR count). The van der Waals surface area contributed by atoms with Crippen LogP contribution in [0.5, 0.6) is 0 Å². The Morgan fingerprint density at radius 1 is 1.02 bits per heavy atom. The van der Waals surface area contributed by atoms with Gasteiger partial charge in [-0.15, -0.1) is 0 Å². The summed E-state index contributed by atoms with van der Waals surface area (Å²) in [7, 11) is 0. The highest BCUT2D eigenvalue weighted by Gasteiger charge is 2.38. The van der Waals surface area contributed by atoms with Crippen LogP contribution in [0, 0.1) is 0 Å². The van der Waals surface area contributed by atoms with Crippen LogP contribution in [0.15, 0.2) is 72.9 Å². The van der Waals surface area contributed by atoms with Gasteiger partial charge in [0.15, 0.2) is 0 Å². The Labute approximate surface area is 238 Å². The predicted octanol–water partition coefficient (Wildman–Crippen LogP) is 5.12. The average Bonchev–Trinajstić information content (AvgIpc) is 3.38. The standard InChI is InChI=1S/C26H26ClN5O2.C2HF3O2/c27-23-6-1-2-7-24(23)30-21-8-9-25-20(16-21)18-29-32(25)22-5-3-4-19(17-22)26(33)28-10-11-31-12-14-34-15-13-31;3-2(4,5)1(6)7/h1-9,16-18,30H,10-15H2,(H,28,33);(H,6,7). The van der Waals surface area contributed by atoms with Gasteiger partial charge in [0.25, 0.3) is 5.91 Å². The number of hydrogen-bond acceptors (Lipinski definition) is 6. The first-order chi connectivity index (χ1) is 19.6. The van der Waals surface area contributed by atoms with Crippen molar-refractivity contribution in [3.63, 3.8) is 0 Å². The Hall–Kier alpha value is -4.13. The van der Waals surface area contributed by atoms with Crippen LogP contribution < -0.4 is 10.6 Å². The molecule has 0 saturated carbocycles. The van der Waals surface area contributed by atoms with E-state index >= 15 is 0 Å². The van der Waals surface area contributed by atoms with Crippen molar-refractivity contribution in [3.8, 4) is 5.69 Å². The summed E-state index contributed by atoms with van der Waals surface area (Å²) in [5, 5.41) is 19.7. The minimum absolute atomic E-state index is 0.0854. The lowest BCUT2D eigenvalue weighted by Gasteiger charge is -2.26. The van der Waals surface area contributed by atoms with Crippen LogP contribution >= 0.6 is 11.6 Å². The van der Waals surface area contributed by atoms with Gasteiger partial charge in [-0.05, 0) is 48.5 Å². The predicted molar refractivity (Wildman–Crippen MR) is 149 cm³/mol. The van der Waals surface area contributed by atoms with Crippen LogP contribution in [0.1, 0.15) is 10.4 Å². The minimum atomic E-state index is -5.08. The number of aliphatic carboxylic acids is 1. The third-order valence-electron chi connectivity index (χ3n) is 6.13. The van der Waals surface area contributed by atoms with E-state index in [1.54, 1.807) is 0 Å². The SMILES string of the molecule is O=C(NCCN1CCOCC1)c1cccc(-n2ncc3cc(Nc4ccccc4Cl)ccc32)c1.O=C(O)C(F)(F)F. The van der Waals surface area contributed by atoms with Gasteiger partial charge in [-0.1, -0.05) is 29.8 Å². The Balaban J connectivity index is 0.000000493. The largest absolute Gasteiger partial charge is 0.490 e. The molecule has 1 saturated heterocycles. The van der Waals surface area contributed by atoms with Crippen molar-refractivity contribution in [1.82, 2.24) is 20.0 Å². The van der Waals surface area contributed by atoms with Gasteiger partial charge in [-0.3, -0.25) is 9.69 Å². The molecule has 3 aromatic carbocycles. The second-order valence-electron chi connectivity index (χ2n) is 9.00. The van der Waals surface area contributed by atoms with E-state index in [4.69, 9.17) is 26.2 Å². The summed E-state index contributed by atoms with van der Waals surface area (Å²) in [6.45, 7) is 4.76. The molecule has 0 atom stereocenters. The number of nitrogens with zero attached hydrogens (tertiary/aromatic N) is 3. The summed E-state index contributed by atoms with van der Waals surface area (Å²) >= 11 is 6.27. The zero-order chi connectivity index (χ0) is 29.4. The number of carbonyl (C=O) groups is 2. The number of morpholine rings is 1. The molecule has 2 heterocycles. The summed E-state index contributed by atoms with van der Waals surface area (Å²) in [4.78, 5) is 23.9. The molecule has 216 valence electrons. The van der Waals surface area contributed by atoms with Crippen LogP contribution in [0.25, 0.3) is 16.6 Å². The van der Waals surface area contributed by atoms with Crippen molar-refractivity contribution in [1.29, 1.82) is 0 Å². The second-order valence-corrected chi connectivity index (χ2v) is 9.41. The van der Waals surface area contributed by atoms with E-state index in [2.05, 4.69) is 20.6 Å². The smallest absolute Gasteiger partial charge is 0.475 e. The second kappa shape index (κ2) is 13.5. The molecule has 1 aromatic heterocycles. The molecule has 9 nitrogen and oxygen atoms in total. The number of carboxylic acid groups (broad SMARTS) is 1. The lowest BCUT2D eigenvalue weighted by molar-refractivity contribution is -0.192. The summed E-state index contributed by atoms with van der Waals surface area (Å²) in [5.41, 5.74) is 4.18. The Morgan fingerprint density at radius 3 is 2.46 bits per heavy atom. The number of carbonyl (C=O) groups excluding carboxylic acids is 1. The first-order valence-corrected chi connectivity index (χ1v) is 13.0. The van der Waals surface area contributed by atoms with E-state index < -0.39 is 12.1 Å². The van der Waals surface area contributed by atoms with Gasteiger partial charge in [0.05, 0.1) is 41.3 Å². The van der Waals surface area contributed by atoms with Crippen molar-refractivity contribution in [2.45, 2.75) is 6.18 Å². The van der Waals surface area contributed by atoms with Crippen molar-refractivity contribution < 1.29 is 32.6 Å². The highest BCUT2D eigenvalue weighted by Crippen LogP contribution is 2.28. The molecule has 1 aliphatic rings. The van der Waals surface area contributed by atoms with Crippen molar-refractivity contribution in [2.24, 2.45) is 0 Å². The van der Waals surface area contributed by atoms with Gasteiger partial charge in [0, 0.05) is 42.8 Å². The first-order valence-electron chi connectivity index (χ1n) is 12.6. The summed E-state index contributed by atoms with van der Waals surface area (Å²) in [6, 6.07) is 21.2. The lowest BCUT2D eigenvalue weighted by Crippen LogP contribution is -2.41. The molecule has 1 amide bonds. The zero-order valence-electron chi connectivity index (χ0n) is 21.7. The van der Waals surface area contributed by atoms with Gasteiger partial charge in [-0.2, -0.15) is 18.3 Å². The first kappa shape index (κ1) is 29.8. The number of nitrogens with one attached hydrogen (secondary N) is 2. The number of ether oxygens (including phenoxy) is 1. The number of aromatic nitrogens is 2. The molecule has 0 unspecified atom stereocenters. The molecule has 4 aromatic rings. The molecule has 3 N–H and O–H groups in total. The molecule has 1 fully saturated rings. The Kier molecular flexibility index (Phi) is 9.82. The monoisotopic (exact) mass is 589 g/mol. The van der Waals surface area contributed by atoms with Gasteiger partial charge in [0.2, 0.25) is 0 Å². The maximum Gasteiger partial charge on any atom is 0.490 e. The number of rotatable bonds is 7. The number of alkyl halides is 3. The summed E-state index contributed by atoms with van der Waals surface area (Å²) < 4.78 is 38.9. The fraction of sp³-hybridized carbons (Fsp3) is 0.250. The fourth-order valence-corrected chi connectivity index (χ4v) is 4.25. The van der Waals surface area contributed by atoms with E-state index in [0.717, 1.165) is 60.8 Å². The molecular formula is C28H27ClF3N5O4. The minimum Gasteiger partial charge on any atom is -0.475 e. The lowest BCUT2D eigenvalue weighted by atomic mass is 10.1. The molecule has 0 radical (unpaired) electrons. The van der Waals surface area contributed by atoms with Crippen molar-refractivity contribution >= 4 is 45.8 Å². The number of fused-ring (bicyclic) bond motifs is 1. The molecule has 0 spiro atoms. The zero-order valence-corrected chi connectivity index (χ0v) is 22.5. The number of para-hydroxylation sites is 1. The van der Waals surface area contributed by atoms with Crippen LogP contribution in [0.3, 0.4) is 0 Å². The topological polar surface area (TPSA) is 109 Å². The number of anilines is 2. The van der Waals surface area contributed by atoms with E-state index in [1.807, 2.05) is 77.6 Å². The maximum atomic E-state index is 12.7. The average molecular weight is 590 g/mol. The summed E-state index contributed by atoms with van der Waals surface area (Å²) in [5.74, 6) is -2.84. The third kappa shape index (κ3) is 8.19. The molecule has 41 heavy (non-hydrogen) atoms. The number of hydrogen-bond donors (Lipinski definition) is 3. The van der Waals surface area contributed by atoms with Crippen molar-refractivity contribution in [2.75, 3.05) is 44.7 Å². The highest BCUT2D eigenvalue weighted by molar-refractivity contribution is 6.33. The molecular weight excluding hydrogens is 563 g/mol. The number of benzene rings is 3. The van der Waals surface area contributed by atoms with E-state index in [0.29, 0.717) is 17.1 Å². The summed E-state index contributed by atoms with van der Waals surface area (Å²) in [6.07, 6.45) is -3.26. The van der Waals surface area contributed by atoms with Gasteiger partial charge >= 0.3 is 12.1 Å². The highest BCUT2D eigenvalue weighted by atomic mass is 35.5. The number of halogens is 4. The van der Waals surface area contributed by atoms with E-state index in [-0.39, 0.29) is 5.91 Å². The van der Waals surface area contributed by atoms with Crippen LogP contribution in [0.2, 0.25) is 5.02 Å². The quantitative estimate of drug-likeness (QED) is 0.275. The number of carboxylic acids is 1. The Morgan fingerprint density at radius 2 is 1.76 bits per heavy atom. The van der Waals surface area contributed by atoms with Crippen LogP contribution in [-0.4, -0.2) is 77.2 Å². The van der Waals surface area contributed by atoms with Gasteiger partial charge < -0.3 is 20.5 Å². The molecule has 0 bridgehead atoms. The van der Waals surface area contributed by atoms with E-state index in [1.165, 1.54) is 0 Å². The van der Waals surface area contributed by atoms with Crippen LogP contribution in [-0.2, 0) is 9.53 Å². The third-order valence-corrected chi connectivity index (χ3v) is 6.46. The fourth-order valence-electron chi connectivity index (χ4n) is 4.07. The molecule has 13 heteroatoms. The van der Waals surface area contributed by atoms with Gasteiger partial charge in [0.1, 0.15) is 0 Å². The normalized spacial score (nSPS) is 13.8. The molecule has 0 aliphatic carbocycles. The Bertz CT molecular complexity index is 1510. The number of amides is 1. The van der Waals surface area contributed by atoms with Crippen molar-refractivity contribution in [3.05, 3.63) is 83.5 Å². The van der Waals surface area contributed by atoms with Crippen LogP contribution in [0.4, 0.5) is 24.5 Å². The maximum absolute atomic E-state index is 12.7. The van der Waals surface area contributed by atoms with E-state index in [9.17, 15) is 18.0 Å². The van der Waals surface area contributed by atoms with Gasteiger partial charge in [-0.25, -0.2) is 9.48 Å². The molecule has 1 aliphatic heterocycles.